The van der Waals surface area contributed by atoms with Crippen molar-refractivity contribution in [2.75, 3.05) is 20.3 Å². The third-order valence-electron chi connectivity index (χ3n) is 7.52. The van der Waals surface area contributed by atoms with Crippen molar-refractivity contribution in [2.24, 2.45) is 0 Å². The van der Waals surface area contributed by atoms with Crippen LogP contribution in [-0.2, 0) is 30.8 Å². The highest BCUT2D eigenvalue weighted by Gasteiger charge is 2.35. The van der Waals surface area contributed by atoms with Gasteiger partial charge in [0, 0.05) is 37.7 Å². The van der Waals surface area contributed by atoms with Crippen molar-refractivity contribution in [1.29, 1.82) is 0 Å². The van der Waals surface area contributed by atoms with Crippen LogP contribution in [0.25, 0.3) is 5.69 Å². The summed E-state index contributed by atoms with van der Waals surface area (Å²) in [6.07, 6.45) is 2.96. The van der Waals surface area contributed by atoms with Gasteiger partial charge in [0.25, 0.3) is 5.91 Å². The van der Waals surface area contributed by atoms with Crippen molar-refractivity contribution in [2.45, 2.75) is 44.9 Å². The lowest BCUT2D eigenvalue weighted by Gasteiger charge is -2.28. The number of aromatic nitrogens is 2. The predicted octanol–water partition coefficient (Wildman–Crippen LogP) is 5.01. The molecule has 2 heterocycles. The van der Waals surface area contributed by atoms with Gasteiger partial charge in [-0.3, -0.25) is 9.69 Å². The van der Waals surface area contributed by atoms with Gasteiger partial charge in [0.1, 0.15) is 11.5 Å². The van der Waals surface area contributed by atoms with E-state index in [4.69, 9.17) is 14.6 Å². The summed E-state index contributed by atoms with van der Waals surface area (Å²) in [7, 11) is 1.69. The van der Waals surface area contributed by atoms with Crippen LogP contribution in [0, 0.1) is 0 Å². The first kappa shape index (κ1) is 25.2. The maximum atomic E-state index is 13.4. The van der Waals surface area contributed by atoms with Crippen LogP contribution in [0.4, 0.5) is 0 Å². The lowest BCUT2D eigenvalue weighted by atomic mass is 10.0. The number of hydrogen-bond donors (Lipinski definition) is 0. The van der Waals surface area contributed by atoms with Gasteiger partial charge in [-0.15, -0.1) is 0 Å². The van der Waals surface area contributed by atoms with Gasteiger partial charge < -0.3 is 14.4 Å². The molecule has 0 radical (unpaired) electrons. The topological polar surface area (TPSA) is 59.8 Å². The van der Waals surface area contributed by atoms with Crippen LogP contribution in [0.2, 0.25) is 0 Å². The average Bonchev–Trinajstić information content (AvgIpc) is 3.77. The highest BCUT2D eigenvalue weighted by molar-refractivity contribution is 5.78. The molecule has 6 rings (SSSR count). The number of benzene rings is 3. The van der Waals surface area contributed by atoms with Crippen LogP contribution in [0.15, 0.2) is 84.9 Å². The number of methoxy groups -OCH3 is 1. The Hall–Kier alpha value is -4.10. The molecule has 3 aromatic carbocycles. The van der Waals surface area contributed by atoms with E-state index in [1.54, 1.807) is 7.11 Å². The van der Waals surface area contributed by atoms with Crippen molar-refractivity contribution in [1.82, 2.24) is 19.6 Å². The Morgan fingerprint density at radius 1 is 0.949 bits per heavy atom. The number of amides is 1. The molecule has 0 saturated heterocycles. The average molecular weight is 523 g/mol. The van der Waals surface area contributed by atoms with E-state index >= 15 is 0 Å². The van der Waals surface area contributed by atoms with E-state index in [-0.39, 0.29) is 18.6 Å². The minimum Gasteiger partial charge on any atom is -0.497 e. The minimum absolute atomic E-state index is 0.00950. The van der Waals surface area contributed by atoms with Crippen LogP contribution in [0.3, 0.4) is 0 Å². The van der Waals surface area contributed by atoms with Gasteiger partial charge in [0.05, 0.1) is 30.7 Å². The van der Waals surface area contributed by atoms with Gasteiger partial charge in [0.15, 0.2) is 6.61 Å². The maximum absolute atomic E-state index is 13.4. The van der Waals surface area contributed by atoms with Gasteiger partial charge in [-0.25, -0.2) is 4.68 Å². The molecule has 1 fully saturated rings. The highest BCUT2D eigenvalue weighted by Crippen LogP contribution is 2.32. The van der Waals surface area contributed by atoms with Gasteiger partial charge in [0.2, 0.25) is 0 Å². The zero-order valence-electron chi connectivity index (χ0n) is 22.3. The standard InChI is InChI=1S/C32H34N4O3/c1-38-27-16-12-24(13-17-27)20-34-19-18-31-29(21-34)30(33-36(31)26-8-4-2-5-9-26)22-35(25-14-15-25)32(37)23-39-28-10-6-3-7-11-28/h2-13,16-17,25H,14-15,18-23H2,1H3. The normalized spacial score (nSPS) is 15.0. The Labute approximate surface area is 229 Å². The molecule has 0 spiro atoms. The Balaban J connectivity index is 1.24. The van der Waals surface area contributed by atoms with Crippen LogP contribution in [0.5, 0.6) is 11.5 Å². The molecule has 0 atom stereocenters. The number of hydrogen-bond acceptors (Lipinski definition) is 5. The Bertz CT molecular complexity index is 1400. The summed E-state index contributed by atoms with van der Waals surface area (Å²) in [6.45, 7) is 3.14. The predicted molar refractivity (Wildman–Crippen MR) is 150 cm³/mol. The fourth-order valence-electron chi connectivity index (χ4n) is 5.29. The van der Waals surface area contributed by atoms with Crippen molar-refractivity contribution in [3.05, 3.63) is 107 Å². The van der Waals surface area contributed by atoms with E-state index < -0.39 is 0 Å². The summed E-state index contributed by atoms with van der Waals surface area (Å²) in [5, 5.41) is 5.12. The summed E-state index contributed by atoms with van der Waals surface area (Å²) < 4.78 is 13.2. The fraction of sp³-hybridized carbons (Fsp3) is 0.312. The lowest BCUT2D eigenvalue weighted by molar-refractivity contribution is -0.134. The number of carbonyl (C=O) groups excluding carboxylic acids is 1. The number of para-hydroxylation sites is 2. The second-order valence-electron chi connectivity index (χ2n) is 10.3. The Morgan fingerprint density at radius 3 is 2.36 bits per heavy atom. The molecule has 7 heteroatoms. The summed E-state index contributed by atoms with van der Waals surface area (Å²) in [5.41, 5.74) is 5.77. The van der Waals surface area contributed by atoms with Crippen molar-refractivity contribution in [3.8, 4) is 17.2 Å². The summed E-state index contributed by atoms with van der Waals surface area (Å²) in [5.74, 6) is 1.59. The van der Waals surface area contributed by atoms with Crippen LogP contribution in [0.1, 0.15) is 35.4 Å². The Kier molecular flexibility index (Phi) is 7.32. The third-order valence-corrected chi connectivity index (χ3v) is 7.52. The fourth-order valence-corrected chi connectivity index (χ4v) is 5.29. The quantitative estimate of drug-likeness (QED) is 0.293. The maximum Gasteiger partial charge on any atom is 0.261 e. The van der Waals surface area contributed by atoms with Crippen molar-refractivity contribution < 1.29 is 14.3 Å². The minimum atomic E-state index is 0.00950. The molecule has 4 aromatic rings. The molecule has 1 aliphatic heterocycles. The van der Waals surface area contributed by atoms with E-state index in [1.807, 2.05) is 65.6 Å². The van der Waals surface area contributed by atoms with Gasteiger partial charge in [-0.05, 0) is 54.8 Å². The zero-order valence-corrected chi connectivity index (χ0v) is 22.3. The van der Waals surface area contributed by atoms with Crippen LogP contribution < -0.4 is 9.47 Å². The molecule has 1 saturated carbocycles. The van der Waals surface area contributed by atoms with Crippen LogP contribution >= 0.6 is 0 Å². The lowest BCUT2D eigenvalue weighted by Crippen LogP contribution is -2.37. The molecule has 0 bridgehead atoms. The Morgan fingerprint density at radius 2 is 1.67 bits per heavy atom. The van der Waals surface area contributed by atoms with Gasteiger partial charge in [-0.2, -0.15) is 5.10 Å². The number of nitrogens with zero attached hydrogens (tertiary/aromatic N) is 4. The van der Waals surface area contributed by atoms with Crippen molar-refractivity contribution >= 4 is 5.91 Å². The molecule has 0 unspecified atom stereocenters. The second kappa shape index (κ2) is 11.3. The van der Waals surface area contributed by atoms with Gasteiger partial charge >= 0.3 is 0 Å². The largest absolute Gasteiger partial charge is 0.497 e. The first-order valence-corrected chi connectivity index (χ1v) is 13.7. The SMILES string of the molecule is COc1ccc(CN2CCc3c(c(CN(C(=O)COc4ccccc4)C4CC4)nn3-c3ccccc3)C2)cc1. The van der Waals surface area contributed by atoms with E-state index in [9.17, 15) is 4.79 Å². The molecule has 200 valence electrons. The molecule has 1 aromatic heterocycles. The molecule has 0 N–H and O–H groups in total. The second-order valence-corrected chi connectivity index (χ2v) is 10.3. The molecular weight excluding hydrogens is 488 g/mol. The summed E-state index contributed by atoms with van der Waals surface area (Å²) in [6, 6.07) is 28.4. The smallest absolute Gasteiger partial charge is 0.261 e. The molecule has 39 heavy (non-hydrogen) atoms. The molecule has 1 amide bonds. The number of rotatable bonds is 10. The summed E-state index contributed by atoms with van der Waals surface area (Å²) >= 11 is 0. The van der Waals surface area contributed by atoms with E-state index in [1.165, 1.54) is 16.8 Å². The molecule has 1 aliphatic carbocycles. The highest BCUT2D eigenvalue weighted by atomic mass is 16.5. The van der Waals surface area contributed by atoms with Crippen LogP contribution in [-0.4, -0.2) is 51.8 Å². The molecular formula is C32H34N4O3. The zero-order chi connectivity index (χ0) is 26.6. The monoisotopic (exact) mass is 522 g/mol. The number of carbonyl (C=O) groups is 1. The molecule has 2 aliphatic rings. The number of ether oxygens (including phenoxy) is 2. The molecule has 7 nitrogen and oxygen atoms in total. The van der Waals surface area contributed by atoms with E-state index in [0.29, 0.717) is 12.3 Å². The third kappa shape index (κ3) is 5.83. The van der Waals surface area contributed by atoms with Gasteiger partial charge in [-0.1, -0.05) is 48.5 Å². The summed E-state index contributed by atoms with van der Waals surface area (Å²) in [4.78, 5) is 17.8. The first-order chi connectivity index (χ1) is 19.2. The van der Waals surface area contributed by atoms with Crippen molar-refractivity contribution in [3.63, 3.8) is 0 Å². The first-order valence-electron chi connectivity index (χ1n) is 13.7. The van der Waals surface area contributed by atoms with E-state index in [0.717, 1.165) is 56.0 Å². The number of fused-ring (bicyclic) bond motifs is 1. The van der Waals surface area contributed by atoms with E-state index in [2.05, 4.69) is 33.8 Å².